The summed E-state index contributed by atoms with van der Waals surface area (Å²) in [6.45, 7) is 2.35. The van der Waals surface area contributed by atoms with Gasteiger partial charge in [0, 0.05) is 6.54 Å². The molecule has 1 heterocycles. The Hall–Kier alpha value is -1.76. The number of amides is 1. The van der Waals surface area contributed by atoms with Crippen LogP contribution in [0.3, 0.4) is 0 Å². The molecule has 2 rings (SSSR count). The molecule has 6 nitrogen and oxygen atoms in total. The Kier molecular flexibility index (Phi) is 4.49. The van der Waals surface area contributed by atoms with E-state index in [4.69, 9.17) is 9.47 Å². The van der Waals surface area contributed by atoms with Crippen molar-refractivity contribution in [3.05, 3.63) is 22.2 Å². The molecular formula is C13H14BrNO5. The van der Waals surface area contributed by atoms with Crippen LogP contribution < -0.4 is 9.47 Å². The highest BCUT2D eigenvalue weighted by molar-refractivity contribution is 9.10. The number of nitrogens with zero attached hydrogens (tertiary/aromatic N) is 1. The SMILES string of the molecule is CCCN(C=O)C(C(=O)O)c1cc(Br)c2c(c1)OCO2. The molecule has 0 fully saturated rings. The minimum Gasteiger partial charge on any atom is -0.479 e. The van der Waals surface area contributed by atoms with E-state index in [9.17, 15) is 14.7 Å². The highest BCUT2D eigenvalue weighted by atomic mass is 79.9. The minimum atomic E-state index is -1.09. The normalized spacial score (nSPS) is 13.9. The van der Waals surface area contributed by atoms with Crippen molar-refractivity contribution >= 4 is 28.3 Å². The first-order valence-electron chi connectivity index (χ1n) is 6.11. The molecule has 0 saturated heterocycles. The van der Waals surface area contributed by atoms with Gasteiger partial charge in [-0.15, -0.1) is 0 Å². The molecule has 1 amide bonds. The Bertz CT molecular complexity index is 534. The fraction of sp³-hybridized carbons (Fsp3) is 0.385. The molecule has 0 aliphatic carbocycles. The average Bonchev–Trinajstić information content (AvgIpc) is 2.86. The largest absolute Gasteiger partial charge is 0.479 e. The van der Waals surface area contributed by atoms with Crippen molar-refractivity contribution in [2.24, 2.45) is 0 Å². The van der Waals surface area contributed by atoms with Gasteiger partial charge in [-0.25, -0.2) is 4.79 Å². The number of hydrogen-bond acceptors (Lipinski definition) is 4. The molecule has 1 aliphatic rings. The predicted octanol–water partition coefficient (Wildman–Crippen LogP) is 2.17. The molecule has 7 heteroatoms. The van der Waals surface area contributed by atoms with E-state index in [1.807, 2.05) is 6.92 Å². The molecule has 1 aromatic carbocycles. The van der Waals surface area contributed by atoms with Gasteiger partial charge in [-0.1, -0.05) is 6.92 Å². The zero-order valence-electron chi connectivity index (χ0n) is 10.8. The van der Waals surface area contributed by atoms with Gasteiger partial charge >= 0.3 is 5.97 Å². The van der Waals surface area contributed by atoms with Crippen molar-refractivity contribution in [2.75, 3.05) is 13.3 Å². The second-order valence-corrected chi connectivity index (χ2v) is 5.17. The summed E-state index contributed by atoms with van der Waals surface area (Å²) in [6.07, 6.45) is 1.23. The summed E-state index contributed by atoms with van der Waals surface area (Å²) < 4.78 is 11.1. The van der Waals surface area contributed by atoms with Gasteiger partial charge in [-0.2, -0.15) is 0 Å². The maximum absolute atomic E-state index is 11.5. The summed E-state index contributed by atoms with van der Waals surface area (Å²) in [4.78, 5) is 23.9. The van der Waals surface area contributed by atoms with Crippen molar-refractivity contribution in [3.8, 4) is 11.5 Å². The van der Waals surface area contributed by atoms with E-state index in [2.05, 4.69) is 15.9 Å². The molecule has 1 atom stereocenters. The standard InChI is InChI=1S/C13H14BrNO5/c1-2-3-15(6-16)11(13(17)18)8-4-9(14)12-10(5-8)19-7-20-12/h4-6,11H,2-3,7H2,1H3,(H,17,18). The summed E-state index contributed by atoms with van der Waals surface area (Å²) in [5, 5.41) is 9.41. The topological polar surface area (TPSA) is 76.1 Å². The molecule has 0 spiro atoms. The lowest BCUT2D eigenvalue weighted by atomic mass is 10.0. The van der Waals surface area contributed by atoms with Crippen molar-refractivity contribution in [1.82, 2.24) is 4.90 Å². The van der Waals surface area contributed by atoms with Crippen LogP contribution in [0.4, 0.5) is 0 Å². The number of carboxylic acid groups (broad SMARTS) is 1. The van der Waals surface area contributed by atoms with Crippen LogP contribution in [0.2, 0.25) is 0 Å². The number of halogens is 1. The lowest BCUT2D eigenvalue weighted by Crippen LogP contribution is -2.33. The zero-order chi connectivity index (χ0) is 14.7. The Labute approximate surface area is 124 Å². The third-order valence-electron chi connectivity index (χ3n) is 2.95. The summed E-state index contributed by atoms with van der Waals surface area (Å²) in [7, 11) is 0. The first-order chi connectivity index (χ1) is 9.58. The van der Waals surface area contributed by atoms with Crippen LogP contribution >= 0.6 is 15.9 Å². The van der Waals surface area contributed by atoms with E-state index >= 15 is 0 Å². The second-order valence-electron chi connectivity index (χ2n) is 4.32. The number of carboxylic acids is 1. The average molecular weight is 344 g/mol. The monoisotopic (exact) mass is 343 g/mol. The number of carbonyl (C=O) groups is 2. The summed E-state index contributed by atoms with van der Waals surface area (Å²) in [5.41, 5.74) is 0.467. The molecular weight excluding hydrogens is 330 g/mol. The quantitative estimate of drug-likeness (QED) is 0.801. The minimum absolute atomic E-state index is 0.0987. The van der Waals surface area contributed by atoms with E-state index < -0.39 is 12.0 Å². The molecule has 0 aromatic heterocycles. The van der Waals surface area contributed by atoms with Crippen LogP contribution in [0.25, 0.3) is 0 Å². The Morgan fingerprint density at radius 2 is 2.30 bits per heavy atom. The lowest BCUT2D eigenvalue weighted by molar-refractivity contribution is -0.146. The fourth-order valence-corrected chi connectivity index (χ4v) is 2.70. The highest BCUT2D eigenvalue weighted by Gasteiger charge is 2.29. The molecule has 20 heavy (non-hydrogen) atoms. The molecule has 108 valence electrons. The Morgan fingerprint density at radius 3 is 2.90 bits per heavy atom. The molecule has 0 radical (unpaired) electrons. The van der Waals surface area contributed by atoms with Crippen LogP contribution in [-0.4, -0.2) is 35.7 Å². The number of benzene rings is 1. The van der Waals surface area contributed by atoms with Crippen LogP contribution in [0.1, 0.15) is 24.9 Å². The summed E-state index contributed by atoms with van der Waals surface area (Å²) in [6, 6.07) is 2.19. The Morgan fingerprint density at radius 1 is 1.55 bits per heavy atom. The molecule has 1 N–H and O–H groups in total. The van der Waals surface area contributed by atoms with Gasteiger partial charge in [-0.05, 0) is 40.0 Å². The predicted molar refractivity (Wildman–Crippen MR) is 73.7 cm³/mol. The molecule has 0 saturated carbocycles. The number of hydrogen-bond donors (Lipinski definition) is 1. The first kappa shape index (κ1) is 14.6. The Balaban J connectivity index is 2.42. The van der Waals surface area contributed by atoms with Gasteiger partial charge in [0.25, 0.3) is 0 Å². The van der Waals surface area contributed by atoms with Crippen LogP contribution in [0, 0.1) is 0 Å². The first-order valence-corrected chi connectivity index (χ1v) is 6.90. The van der Waals surface area contributed by atoms with Crippen molar-refractivity contribution in [3.63, 3.8) is 0 Å². The second kappa shape index (κ2) is 6.13. The maximum Gasteiger partial charge on any atom is 0.331 e. The highest BCUT2D eigenvalue weighted by Crippen LogP contribution is 2.41. The smallest absolute Gasteiger partial charge is 0.331 e. The van der Waals surface area contributed by atoms with E-state index in [1.165, 1.54) is 4.90 Å². The van der Waals surface area contributed by atoms with Crippen molar-refractivity contribution in [1.29, 1.82) is 0 Å². The van der Waals surface area contributed by atoms with Crippen molar-refractivity contribution < 1.29 is 24.2 Å². The van der Waals surface area contributed by atoms with Crippen LogP contribution in [-0.2, 0) is 9.59 Å². The number of rotatable bonds is 6. The number of aliphatic carboxylic acids is 1. The van der Waals surface area contributed by atoms with E-state index in [-0.39, 0.29) is 6.79 Å². The van der Waals surface area contributed by atoms with Crippen molar-refractivity contribution in [2.45, 2.75) is 19.4 Å². The van der Waals surface area contributed by atoms with E-state index in [1.54, 1.807) is 12.1 Å². The van der Waals surface area contributed by atoms with Gasteiger partial charge in [0.2, 0.25) is 13.2 Å². The van der Waals surface area contributed by atoms with Gasteiger partial charge in [0.1, 0.15) is 0 Å². The van der Waals surface area contributed by atoms with Gasteiger partial charge < -0.3 is 19.5 Å². The van der Waals surface area contributed by atoms with Crippen LogP contribution in [0.15, 0.2) is 16.6 Å². The maximum atomic E-state index is 11.5. The molecule has 1 aliphatic heterocycles. The number of carbonyl (C=O) groups excluding carboxylic acids is 1. The zero-order valence-corrected chi connectivity index (χ0v) is 12.4. The molecule has 0 bridgehead atoms. The van der Waals surface area contributed by atoms with E-state index in [0.29, 0.717) is 40.9 Å². The number of fused-ring (bicyclic) bond motifs is 1. The lowest BCUT2D eigenvalue weighted by Gasteiger charge is -2.25. The van der Waals surface area contributed by atoms with Gasteiger partial charge in [-0.3, -0.25) is 4.79 Å². The summed E-state index contributed by atoms with van der Waals surface area (Å²) >= 11 is 3.32. The molecule has 1 aromatic rings. The fourth-order valence-electron chi connectivity index (χ4n) is 2.12. The third-order valence-corrected chi connectivity index (χ3v) is 3.54. The molecule has 1 unspecified atom stereocenters. The van der Waals surface area contributed by atoms with E-state index in [0.717, 1.165) is 0 Å². The summed E-state index contributed by atoms with van der Waals surface area (Å²) in [5.74, 6) is -0.0645. The van der Waals surface area contributed by atoms with Gasteiger partial charge in [0.15, 0.2) is 17.5 Å². The number of ether oxygens (including phenoxy) is 2. The third kappa shape index (κ3) is 2.72. The van der Waals surface area contributed by atoms with Crippen LogP contribution in [0.5, 0.6) is 11.5 Å². The van der Waals surface area contributed by atoms with Gasteiger partial charge in [0.05, 0.1) is 4.47 Å².